The number of carbonyl (C=O) groups excluding carboxylic acids is 2. The second kappa shape index (κ2) is 10.6. The molecule has 0 amide bonds. The van der Waals surface area contributed by atoms with Crippen LogP contribution >= 0.6 is 0 Å². The molecule has 0 bridgehead atoms. The van der Waals surface area contributed by atoms with Crippen LogP contribution in [0, 0.1) is 0 Å². The van der Waals surface area contributed by atoms with E-state index in [9.17, 15) is 19.8 Å². The van der Waals surface area contributed by atoms with Gasteiger partial charge in [0.2, 0.25) is 0 Å². The molecular formula is C27H26N4O6. The van der Waals surface area contributed by atoms with E-state index < -0.39 is 18.2 Å². The highest BCUT2D eigenvalue weighted by molar-refractivity contribution is 6.44. The van der Waals surface area contributed by atoms with Crippen LogP contribution in [0.3, 0.4) is 0 Å². The van der Waals surface area contributed by atoms with Gasteiger partial charge >= 0.3 is 11.9 Å². The summed E-state index contributed by atoms with van der Waals surface area (Å²) in [5.74, 6) is -1.11. The number of nitrogens with zero attached hydrogens (tertiary/aromatic N) is 2. The number of hydrogen-bond acceptors (Lipinski definition) is 8. The quantitative estimate of drug-likeness (QED) is 0.263. The third-order valence-corrected chi connectivity index (χ3v) is 6.00. The van der Waals surface area contributed by atoms with E-state index in [0.29, 0.717) is 33.7 Å². The standard InChI is InChI=1S/C27H26N4O6/c1-14(16-7-10-20(29-16)23(26(34)36-3)19-6-5-13-28-19)17-8-11-21(30-17)24(27(35)37-4)22-12-9-18(31-22)15(2)25(32)33/h5-13,25,29-30,32-33H,1-4H3/b17-14?,18-15+,23-19?,24-21?. The minimum Gasteiger partial charge on any atom is -0.465 e. The Balaban J connectivity index is 1.80. The first kappa shape index (κ1) is 25.5. The molecule has 4 rings (SSSR count). The maximum absolute atomic E-state index is 12.7. The average molecular weight is 503 g/mol. The van der Waals surface area contributed by atoms with Gasteiger partial charge in [-0.05, 0) is 68.0 Å². The Morgan fingerprint density at radius 1 is 0.838 bits per heavy atom. The van der Waals surface area contributed by atoms with E-state index in [2.05, 4.69) is 20.0 Å². The van der Waals surface area contributed by atoms with Crippen molar-refractivity contribution in [2.45, 2.75) is 20.1 Å². The lowest BCUT2D eigenvalue weighted by Crippen LogP contribution is -2.23. The summed E-state index contributed by atoms with van der Waals surface area (Å²) in [5.41, 5.74) is 4.08. The minimum absolute atomic E-state index is 0.198. The maximum atomic E-state index is 12.7. The number of methoxy groups -OCH3 is 2. The number of nitrogens with one attached hydrogen (secondary N) is 2. The number of aromatic amines is 2. The number of carbonyl (C=O) groups is 2. The molecule has 37 heavy (non-hydrogen) atoms. The molecule has 0 saturated carbocycles. The predicted octanol–water partition coefficient (Wildman–Crippen LogP) is 1.01. The number of H-pyrrole nitrogens is 2. The molecule has 10 nitrogen and oxygen atoms in total. The molecule has 4 heterocycles. The molecule has 0 aromatic carbocycles. The molecular weight excluding hydrogens is 476 g/mol. The van der Waals surface area contributed by atoms with Crippen LogP contribution in [0.4, 0.5) is 0 Å². The van der Waals surface area contributed by atoms with Gasteiger partial charge in [0.15, 0.2) is 6.29 Å². The number of aliphatic hydroxyl groups is 2. The first-order chi connectivity index (χ1) is 17.7. The molecule has 2 aliphatic heterocycles. The molecule has 4 N–H and O–H groups in total. The van der Waals surface area contributed by atoms with Gasteiger partial charge in [-0.2, -0.15) is 0 Å². The zero-order valence-electron chi connectivity index (χ0n) is 20.7. The number of esters is 2. The van der Waals surface area contributed by atoms with Crippen LogP contribution in [-0.4, -0.2) is 64.6 Å². The van der Waals surface area contributed by atoms with Crippen molar-refractivity contribution in [2.75, 3.05) is 14.2 Å². The fourth-order valence-electron chi connectivity index (χ4n) is 3.88. The number of ether oxygens (including phenoxy) is 2. The number of aliphatic imine (C=N–C) groups is 2. The topological polar surface area (TPSA) is 149 Å². The summed E-state index contributed by atoms with van der Waals surface area (Å²) in [5, 5.41) is 20.1. The lowest BCUT2D eigenvalue weighted by molar-refractivity contribution is -0.134. The van der Waals surface area contributed by atoms with Gasteiger partial charge < -0.3 is 29.7 Å². The molecule has 0 radical (unpaired) electrons. The lowest BCUT2D eigenvalue weighted by atomic mass is 10.1. The Hall–Kier alpha value is -4.54. The molecule has 0 fully saturated rings. The molecule has 2 aromatic heterocycles. The van der Waals surface area contributed by atoms with E-state index in [-0.39, 0.29) is 11.1 Å². The highest BCUT2D eigenvalue weighted by Crippen LogP contribution is 2.25. The summed E-state index contributed by atoms with van der Waals surface area (Å²) in [7, 11) is 2.60. The van der Waals surface area contributed by atoms with Crippen molar-refractivity contribution in [1.29, 1.82) is 0 Å². The zero-order chi connectivity index (χ0) is 26.7. The summed E-state index contributed by atoms with van der Waals surface area (Å²) in [6.07, 6.45) is 6.64. The van der Waals surface area contributed by atoms with E-state index in [0.717, 1.165) is 16.6 Å². The summed E-state index contributed by atoms with van der Waals surface area (Å²) in [6, 6.07) is 7.17. The van der Waals surface area contributed by atoms with Crippen molar-refractivity contribution in [3.05, 3.63) is 87.6 Å². The van der Waals surface area contributed by atoms with Crippen LogP contribution in [0.5, 0.6) is 0 Å². The molecule has 0 aliphatic carbocycles. The van der Waals surface area contributed by atoms with E-state index in [1.54, 1.807) is 49.6 Å². The Morgan fingerprint density at radius 3 is 2.16 bits per heavy atom. The molecule has 10 heteroatoms. The number of rotatable bonds is 6. The maximum Gasteiger partial charge on any atom is 0.342 e. The van der Waals surface area contributed by atoms with Gasteiger partial charge in [0.1, 0.15) is 11.1 Å². The number of aromatic nitrogens is 2. The monoisotopic (exact) mass is 502 g/mol. The van der Waals surface area contributed by atoms with Gasteiger partial charge in [-0.3, -0.25) is 4.99 Å². The molecule has 2 aliphatic rings. The second-order valence-electron chi connectivity index (χ2n) is 8.22. The van der Waals surface area contributed by atoms with Crippen molar-refractivity contribution in [2.24, 2.45) is 9.98 Å². The van der Waals surface area contributed by atoms with E-state index >= 15 is 0 Å². The summed E-state index contributed by atoms with van der Waals surface area (Å²) in [4.78, 5) is 40.2. The van der Waals surface area contributed by atoms with Gasteiger partial charge in [0, 0.05) is 22.8 Å². The molecule has 2 aromatic rings. The smallest absolute Gasteiger partial charge is 0.342 e. The number of aliphatic hydroxyl groups excluding tert-OH is 1. The van der Waals surface area contributed by atoms with Crippen LogP contribution in [0.25, 0.3) is 16.7 Å². The van der Waals surface area contributed by atoms with Crippen LogP contribution in [0.2, 0.25) is 0 Å². The van der Waals surface area contributed by atoms with E-state index in [1.807, 2.05) is 19.1 Å². The SMILES string of the molecule is COC(=O)C(=C1C=CC=N1)c1ccc(C(C)=c2ccc(=C(C(=O)OC)C3=N/C(=C(\C)C(O)O)C=C3)[nH]2)[nH]1. The Morgan fingerprint density at radius 2 is 1.51 bits per heavy atom. The molecule has 0 unspecified atom stereocenters. The highest BCUT2D eigenvalue weighted by Gasteiger charge is 2.22. The summed E-state index contributed by atoms with van der Waals surface area (Å²) >= 11 is 0. The predicted molar refractivity (Wildman–Crippen MR) is 139 cm³/mol. The first-order valence-electron chi connectivity index (χ1n) is 11.3. The molecule has 190 valence electrons. The Labute approximate surface area is 212 Å². The van der Waals surface area contributed by atoms with Crippen molar-refractivity contribution in [3.63, 3.8) is 0 Å². The van der Waals surface area contributed by atoms with Gasteiger partial charge in [0.25, 0.3) is 0 Å². The van der Waals surface area contributed by atoms with Gasteiger partial charge in [0.05, 0.1) is 42.4 Å². The first-order valence-corrected chi connectivity index (χ1v) is 11.3. The van der Waals surface area contributed by atoms with E-state index in [1.165, 1.54) is 14.2 Å². The van der Waals surface area contributed by atoms with Crippen molar-refractivity contribution < 1.29 is 29.3 Å². The third-order valence-electron chi connectivity index (χ3n) is 6.00. The fourth-order valence-corrected chi connectivity index (χ4v) is 3.88. The number of allylic oxidation sites excluding steroid dienone is 4. The third kappa shape index (κ3) is 5.06. The van der Waals surface area contributed by atoms with Crippen LogP contribution < -0.4 is 10.7 Å². The fraction of sp³-hybridized carbons (Fsp3) is 0.185. The van der Waals surface area contributed by atoms with Gasteiger partial charge in [-0.1, -0.05) is 0 Å². The molecule has 0 atom stereocenters. The summed E-state index contributed by atoms with van der Waals surface area (Å²) < 4.78 is 9.93. The Bertz CT molecular complexity index is 1560. The minimum atomic E-state index is -1.66. The number of hydrogen-bond donors (Lipinski definition) is 4. The van der Waals surface area contributed by atoms with Crippen LogP contribution in [0.15, 0.2) is 75.5 Å². The lowest BCUT2D eigenvalue weighted by Gasteiger charge is -2.05. The van der Waals surface area contributed by atoms with Crippen molar-refractivity contribution in [3.8, 4) is 0 Å². The molecule has 0 spiro atoms. The Kier molecular flexibility index (Phi) is 7.32. The zero-order valence-corrected chi connectivity index (χ0v) is 20.7. The normalized spacial score (nSPS) is 18.7. The van der Waals surface area contributed by atoms with Crippen LogP contribution in [-0.2, 0) is 19.1 Å². The summed E-state index contributed by atoms with van der Waals surface area (Å²) in [6.45, 7) is 3.43. The van der Waals surface area contributed by atoms with Gasteiger partial charge in [-0.25, -0.2) is 14.6 Å². The largest absolute Gasteiger partial charge is 0.465 e. The average Bonchev–Trinajstić information content (AvgIpc) is 3.71. The molecule has 0 saturated heterocycles. The van der Waals surface area contributed by atoms with Crippen molar-refractivity contribution >= 4 is 40.6 Å². The highest BCUT2D eigenvalue weighted by atomic mass is 16.5. The van der Waals surface area contributed by atoms with Gasteiger partial charge in [-0.15, -0.1) is 0 Å². The van der Waals surface area contributed by atoms with Crippen LogP contribution in [0.1, 0.15) is 25.2 Å². The van der Waals surface area contributed by atoms with E-state index in [4.69, 9.17) is 9.47 Å². The van der Waals surface area contributed by atoms with Crippen molar-refractivity contribution in [1.82, 2.24) is 9.97 Å². The second-order valence-corrected chi connectivity index (χ2v) is 8.22.